The summed E-state index contributed by atoms with van der Waals surface area (Å²) < 4.78 is 39.1. The summed E-state index contributed by atoms with van der Waals surface area (Å²) in [6, 6.07) is 9.63. The molecule has 0 spiro atoms. The maximum Gasteiger partial charge on any atom is 0.418 e. The molecule has 0 atom stereocenters. The van der Waals surface area contributed by atoms with Crippen molar-refractivity contribution in [3.8, 4) is 5.75 Å². The van der Waals surface area contributed by atoms with Crippen LogP contribution in [0.4, 0.5) is 18.9 Å². The van der Waals surface area contributed by atoms with Gasteiger partial charge in [-0.3, -0.25) is 4.99 Å². The van der Waals surface area contributed by atoms with E-state index in [4.69, 9.17) is 0 Å². The lowest BCUT2D eigenvalue weighted by Gasteiger charge is -2.09. The molecule has 2 aromatic carbocycles. The molecule has 0 aliphatic rings. The van der Waals surface area contributed by atoms with Crippen molar-refractivity contribution >= 4 is 27.8 Å². The van der Waals surface area contributed by atoms with Gasteiger partial charge in [-0.05, 0) is 30.3 Å². The highest BCUT2D eigenvalue weighted by molar-refractivity contribution is 9.10. The minimum absolute atomic E-state index is 0.0542. The number of aliphatic imine (C=N–C) groups is 1. The molecule has 0 saturated heterocycles. The van der Waals surface area contributed by atoms with Crippen LogP contribution in [0.15, 0.2) is 51.9 Å². The molecule has 0 heterocycles. The summed E-state index contributed by atoms with van der Waals surface area (Å²) in [5.41, 5.74) is -0.679. The maximum absolute atomic E-state index is 12.8. The van der Waals surface area contributed by atoms with E-state index in [1.807, 2.05) is 0 Å². The first-order valence-electron chi connectivity index (χ1n) is 5.57. The topological polar surface area (TPSA) is 32.6 Å². The van der Waals surface area contributed by atoms with Crippen molar-refractivity contribution in [1.29, 1.82) is 0 Å². The van der Waals surface area contributed by atoms with E-state index >= 15 is 0 Å². The molecule has 104 valence electrons. The molecule has 0 saturated carbocycles. The Morgan fingerprint density at radius 1 is 1.10 bits per heavy atom. The van der Waals surface area contributed by atoms with Crippen LogP contribution in [0.3, 0.4) is 0 Å². The third-order valence-electron chi connectivity index (χ3n) is 2.54. The summed E-state index contributed by atoms with van der Waals surface area (Å²) in [4.78, 5) is 3.82. The van der Waals surface area contributed by atoms with Crippen LogP contribution in [-0.2, 0) is 6.18 Å². The second-order valence-electron chi connectivity index (χ2n) is 3.98. The Bertz CT molecular complexity index is 653. The van der Waals surface area contributed by atoms with Crippen LogP contribution < -0.4 is 0 Å². The number of benzene rings is 2. The fraction of sp³-hybridized carbons (Fsp3) is 0.0714. The minimum Gasteiger partial charge on any atom is -0.507 e. The Hall–Kier alpha value is -1.82. The highest BCUT2D eigenvalue weighted by Gasteiger charge is 2.32. The van der Waals surface area contributed by atoms with Crippen molar-refractivity contribution < 1.29 is 18.3 Å². The Kier molecular flexibility index (Phi) is 4.13. The smallest absolute Gasteiger partial charge is 0.418 e. The van der Waals surface area contributed by atoms with Crippen molar-refractivity contribution in [1.82, 2.24) is 0 Å². The van der Waals surface area contributed by atoms with Crippen molar-refractivity contribution in [3.63, 3.8) is 0 Å². The maximum atomic E-state index is 12.8. The number of hydrogen-bond acceptors (Lipinski definition) is 2. The van der Waals surface area contributed by atoms with Gasteiger partial charge in [-0.2, -0.15) is 13.2 Å². The fourth-order valence-electron chi connectivity index (χ4n) is 1.59. The van der Waals surface area contributed by atoms with Gasteiger partial charge in [-0.15, -0.1) is 0 Å². The third-order valence-corrected chi connectivity index (χ3v) is 3.03. The lowest BCUT2D eigenvalue weighted by molar-refractivity contribution is -0.137. The van der Waals surface area contributed by atoms with Gasteiger partial charge in [-0.25, -0.2) is 0 Å². The van der Waals surface area contributed by atoms with E-state index in [1.54, 1.807) is 12.1 Å². The molecule has 2 rings (SSSR count). The van der Waals surface area contributed by atoms with Gasteiger partial charge >= 0.3 is 6.18 Å². The quantitative estimate of drug-likeness (QED) is 0.771. The van der Waals surface area contributed by atoms with E-state index in [0.29, 0.717) is 10.0 Å². The van der Waals surface area contributed by atoms with Crippen molar-refractivity contribution in [2.45, 2.75) is 6.18 Å². The minimum atomic E-state index is -4.47. The number of aromatic hydroxyl groups is 1. The second kappa shape index (κ2) is 5.66. The average Bonchev–Trinajstić information content (AvgIpc) is 2.39. The van der Waals surface area contributed by atoms with E-state index in [9.17, 15) is 18.3 Å². The van der Waals surface area contributed by atoms with Crippen LogP contribution >= 0.6 is 15.9 Å². The molecule has 0 aliphatic heterocycles. The Morgan fingerprint density at radius 3 is 2.50 bits per heavy atom. The van der Waals surface area contributed by atoms with Crippen LogP contribution in [0, 0.1) is 0 Å². The fourth-order valence-corrected chi connectivity index (χ4v) is 1.97. The van der Waals surface area contributed by atoms with Gasteiger partial charge in [0.05, 0.1) is 11.3 Å². The van der Waals surface area contributed by atoms with Crippen LogP contribution in [-0.4, -0.2) is 11.3 Å². The number of phenolic OH excluding ortho intramolecular Hbond substituents is 1. The standard InChI is InChI=1S/C14H9BrF3NO/c15-10-5-6-13(20)9(7-10)8-19-12-4-2-1-3-11(12)14(16,17)18/h1-8,20H. The lowest BCUT2D eigenvalue weighted by atomic mass is 10.1. The third kappa shape index (κ3) is 3.39. The SMILES string of the molecule is Oc1ccc(Br)cc1C=Nc1ccccc1C(F)(F)F. The predicted octanol–water partition coefficient (Wildman–Crippen LogP) is 4.92. The van der Waals surface area contributed by atoms with Gasteiger partial charge in [-0.1, -0.05) is 28.1 Å². The van der Waals surface area contributed by atoms with E-state index in [2.05, 4.69) is 20.9 Å². The van der Waals surface area contributed by atoms with Crippen LogP contribution in [0.1, 0.15) is 11.1 Å². The van der Waals surface area contributed by atoms with Crippen LogP contribution in [0.2, 0.25) is 0 Å². The Balaban J connectivity index is 2.40. The van der Waals surface area contributed by atoms with Crippen LogP contribution in [0.25, 0.3) is 0 Å². The first-order valence-corrected chi connectivity index (χ1v) is 6.36. The monoisotopic (exact) mass is 343 g/mol. The van der Waals surface area contributed by atoms with Gasteiger partial charge < -0.3 is 5.11 Å². The summed E-state index contributed by atoms with van der Waals surface area (Å²) in [5, 5.41) is 9.61. The number of para-hydroxylation sites is 1. The molecule has 0 unspecified atom stereocenters. The molecule has 20 heavy (non-hydrogen) atoms. The molecule has 2 nitrogen and oxygen atoms in total. The Morgan fingerprint density at radius 2 is 1.80 bits per heavy atom. The average molecular weight is 344 g/mol. The lowest BCUT2D eigenvalue weighted by Crippen LogP contribution is -2.04. The van der Waals surface area contributed by atoms with Gasteiger partial charge in [0.2, 0.25) is 0 Å². The van der Waals surface area contributed by atoms with Gasteiger partial charge in [0, 0.05) is 16.3 Å². The number of nitrogens with zero attached hydrogens (tertiary/aromatic N) is 1. The molecule has 6 heteroatoms. The predicted molar refractivity (Wildman–Crippen MR) is 74.5 cm³/mol. The zero-order valence-corrected chi connectivity index (χ0v) is 11.6. The molecule has 0 fully saturated rings. The zero-order valence-electron chi connectivity index (χ0n) is 10.0. The van der Waals surface area contributed by atoms with Crippen molar-refractivity contribution in [2.75, 3.05) is 0 Å². The zero-order chi connectivity index (χ0) is 14.8. The van der Waals surface area contributed by atoms with E-state index < -0.39 is 11.7 Å². The highest BCUT2D eigenvalue weighted by Crippen LogP contribution is 2.36. The number of alkyl halides is 3. The molecule has 0 amide bonds. The first-order chi connectivity index (χ1) is 9.38. The molecule has 0 aliphatic carbocycles. The molecule has 1 N–H and O–H groups in total. The molecular formula is C14H9BrF3NO. The van der Waals surface area contributed by atoms with Crippen LogP contribution in [0.5, 0.6) is 5.75 Å². The Labute approximate surface area is 121 Å². The van der Waals surface area contributed by atoms with Gasteiger partial charge in [0.15, 0.2) is 0 Å². The summed E-state index contributed by atoms with van der Waals surface area (Å²) >= 11 is 3.22. The number of phenols is 1. The van der Waals surface area contributed by atoms with E-state index in [1.165, 1.54) is 30.5 Å². The molecule has 0 bridgehead atoms. The molecule has 0 aromatic heterocycles. The number of rotatable bonds is 2. The summed E-state index contributed by atoms with van der Waals surface area (Å²) in [7, 11) is 0. The van der Waals surface area contributed by atoms with Gasteiger partial charge in [0.25, 0.3) is 0 Å². The normalized spacial score (nSPS) is 12.0. The second-order valence-corrected chi connectivity index (χ2v) is 4.89. The van der Waals surface area contributed by atoms with E-state index in [-0.39, 0.29) is 11.4 Å². The molecular weight excluding hydrogens is 335 g/mol. The van der Waals surface area contributed by atoms with Crippen molar-refractivity contribution in [2.24, 2.45) is 4.99 Å². The summed E-state index contributed by atoms with van der Waals surface area (Å²) in [6.45, 7) is 0. The molecule has 0 radical (unpaired) electrons. The van der Waals surface area contributed by atoms with Crippen molar-refractivity contribution in [3.05, 3.63) is 58.1 Å². The summed E-state index contributed by atoms with van der Waals surface area (Å²) in [6.07, 6.45) is -3.27. The highest BCUT2D eigenvalue weighted by atomic mass is 79.9. The number of halogens is 4. The largest absolute Gasteiger partial charge is 0.507 e. The summed E-state index contributed by atoms with van der Waals surface area (Å²) in [5.74, 6) is -0.0542. The first kappa shape index (κ1) is 14.6. The van der Waals surface area contributed by atoms with E-state index in [0.717, 1.165) is 6.07 Å². The molecule has 2 aromatic rings. The van der Waals surface area contributed by atoms with Gasteiger partial charge in [0.1, 0.15) is 5.75 Å². The number of hydrogen-bond donors (Lipinski definition) is 1.